The van der Waals surface area contributed by atoms with Crippen molar-refractivity contribution in [1.29, 1.82) is 0 Å². The maximum atomic E-state index is 12.4. The third kappa shape index (κ3) is 5.82. The van der Waals surface area contributed by atoms with Crippen LogP contribution in [0.1, 0.15) is 15.9 Å². The molecule has 21 heavy (non-hydrogen) atoms. The lowest BCUT2D eigenvalue weighted by molar-refractivity contribution is -0.137. The highest BCUT2D eigenvalue weighted by atomic mass is 19.4. The Hall–Kier alpha value is -2.09. The first-order valence-corrected chi connectivity index (χ1v) is 6.05. The van der Waals surface area contributed by atoms with Crippen LogP contribution >= 0.6 is 0 Å². The zero-order chi connectivity index (χ0) is 15.9. The molecule has 1 aromatic rings. The number of hydrogen-bond donors (Lipinski definition) is 2. The molecular weight excluding hydrogens is 289 g/mol. The van der Waals surface area contributed by atoms with Gasteiger partial charge in [-0.3, -0.25) is 9.59 Å². The molecule has 0 aliphatic rings. The summed E-state index contributed by atoms with van der Waals surface area (Å²) in [5.41, 5.74) is -0.697. The Kier molecular flexibility index (Phi) is 6.16. The molecule has 0 atom stereocenters. The topological polar surface area (TPSA) is 67.4 Å². The van der Waals surface area contributed by atoms with Crippen molar-refractivity contribution in [2.75, 3.05) is 26.8 Å². The van der Waals surface area contributed by atoms with Gasteiger partial charge < -0.3 is 15.4 Å². The third-order valence-corrected chi connectivity index (χ3v) is 2.48. The highest BCUT2D eigenvalue weighted by molar-refractivity contribution is 5.94. The van der Waals surface area contributed by atoms with E-state index >= 15 is 0 Å². The molecule has 2 amide bonds. The zero-order valence-corrected chi connectivity index (χ0v) is 11.3. The largest absolute Gasteiger partial charge is 0.416 e. The van der Waals surface area contributed by atoms with E-state index in [4.69, 9.17) is 0 Å². The van der Waals surface area contributed by atoms with Gasteiger partial charge in [-0.1, -0.05) is 0 Å². The number of alkyl halides is 3. The first-order chi connectivity index (χ1) is 9.84. The minimum absolute atomic E-state index is 0.0765. The van der Waals surface area contributed by atoms with E-state index in [1.54, 1.807) is 0 Å². The van der Waals surface area contributed by atoms with Crippen LogP contribution in [0.3, 0.4) is 0 Å². The molecule has 0 heterocycles. The van der Waals surface area contributed by atoms with Gasteiger partial charge >= 0.3 is 6.18 Å². The second-order valence-electron chi connectivity index (χ2n) is 4.11. The van der Waals surface area contributed by atoms with Crippen LogP contribution in [0, 0.1) is 0 Å². The zero-order valence-electron chi connectivity index (χ0n) is 11.3. The standard InChI is InChI=1S/C13H15F3N2O3/c1-21-8-11(19)17-6-7-18-12(20)9-2-4-10(5-3-9)13(14,15)16/h2-5H,6-8H2,1H3,(H,17,19)(H,18,20). The van der Waals surface area contributed by atoms with Crippen molar-refractivity contribution >= 4 is 11.8 Å². The maximum Gasteiger partial charge on any atom is 0.416 e. The van der Waals surface area contributed by atoms with Crippen molar-refractivity contribution in [2.24, 2.45) is 0 Å². The van der Waals surface area contributed by atoms with Crippen molar-refractivity contribution in [2.45, 2.75) is 6.18 Å². The third-order valence-electron chi connectivity index (χ3n) is 2.48. The fraction of sp³-hybridized carbons (Fsp3) is 0.385. The van der Waals surface area contributed by atoms with E-state index in [0.717, 1.165) is 24.3 Å². The molecule has 0 saturated heterocycles. The van der Waals surface area contributed by atoms with Gasteiger partial charge in [0.2, 0.25) is 5.91 Å². The number of hydrogen-bond acceptors (Lipinski definition) is 3. The number of carbonyl (C=O) groups is 2. The van der Waals surface area contributed by atoms with E-state index in [9.17, 15) is 22.8 Å². The number of benzene rings is 1. The van der Waals surface area contributed by atoms with Crippen LogP contribution in [0.5, 0.6) is 0 Å². The van der Waals surface area contributed by atoms with E-state index in [-0.39, 0.29) is 31.2 Å². The second-order valence-corrected chi connectivity index (χ2v) is 4.11. The van der Waals surface area contributed by atoms with Gasteiger partial charge in [0, 0.05) is 25.8 Å². The summed E-state index contributed by atoms with van der Waals surface area (Å²) >= 11 is 0. The molecule has 0 bridgehead atoms. The summed E-state index contributed by atoms with van der Waals surface area (Å²) in [6, 6.07) is 3.88. The maximum absolute atomic E-state index is 12.4. The summed E-state index contributed by atoms with van der Waals surface area (Å²) < 4.78 is 41.7. The van der Waals surface area contributed by atoms with Gasteiger partial charge in [0.1, 0.15) is 6.61 Å². The van der Waals surface area contributed by atoms with E-state index in [1.807, 2.05) is 0 Å². The van der Waals surface area contributed by atoms with Gasteiger partial charge in [0.25, 0.3) is 5.91 Å². The smallest absolute Gasteiger partial charge is 0.375 e. The Labute approximate surface area is 119 Å². The van der Waals surface area contributed by atoms with Crippen LogP contribution in [0.15, 0.2) is 24.3 Å². The first kappa shape index (κ1) is 17.0. The van der Waals surface area contributed by atoms with E-state index in [1.165, 1.54) is 7.11 Å². The van der Waals surface area contributed by atoms with Crippen LogP contribution < -0.4 is 10.6 Å². The molecule has 0 unspecified atom stereocenters. The van der Waals surface area contributed by atoms with Gasteiger partial charge in [-0.25, -0.2) is 0 Å². The molecule has 1 rings (SSSR count). The number of amides is 2. The number of rotatable bonds is 6. The molecule has 5 nitrogen and oxygen atoms in total. The number of nitrogens with one attached hydrogen (secondary N) is 2. The molecule has 0 aliphatic heterocycles. The summed E-state index contributed by atoms with van der Waals surface area (Å²) in [6.45, 7) is 0.288. The van der Waals surface area contributed by atoms with Gasteiger partial charge in [-0.05, 0) is 24.3 Å². The highest BCUT2D eigenvalue weighted by Gasteiger charge is 2.30. The van der Waals surface area contributed by atoms with Gasteiger partial charge in [0.15, 0.2) is 0 Å². The van der Waals surface area contributed by atoms with Crippen molar-refractivity contribution in [1.82, 2.24) is 10.6 Å². The lowest BCUT2D eigenvalue weighted by atomic mass is 10.1. The Morgan fingerprint density at radius 3 is 2.19 bits per heavy atom. The van der Waals surface area contributed by atoms with Crippen molar-refractivity contribution in [3.63, 3.8) is 0 Å². The Morgan fingerprint density at radius 2 is 1.67 bits per heavy atom. The Morgan fingerprint density at radius 1 is 1.10 bits per heavy atom. The summed E-state index contributed by atoms with van der Waals surface area (Å²) in [7, 11) is 1.38. The van der Waals surface area contributed by atoms with Crippen LogP contribution in [-0.4, -0.2) is 38.6 Å². The Balaban J connectivity index is 2.41. The van der Waals surface area contributed by atoms with Crippen molar-refractivity contribution in [3.8, 4) is 0 Å². The SMILES string of the molecule is COCC(=O)NCCNC(=O)c1ccc(C(F)(F)F)cc1. The fourth-order valence-electron chi connectivity index (χ4n) is 1.47. The van der Waals surface area contributed by atoms with Crippen LogP contribution in [0.25, 0.3) is 0 Å². The van der Waals surface area contributed by atoms with Crippen molar-refractivity contribution in [3.05, 3.63) is 35.4 Å². The average molecular weight is 304 g/mol. The van der Waals surface area contributed by atoms with E-state index in [0.29, 0.717) is 0 Å². The lowest BCUT2D eigenvalue weighted by Gasteiger charge is -2.09. The molecule has 0 saturated carbocycles. The van der Waals surface area contributed by atoms with Crippen molar-refractivity contribution < 1.29 is 27.5 Å². The van der Waals surface area contributed by atoms with Crippen LogP contribution in [0.2, 0.25) is 0 Å². The number of methoxy groups -OCH3 is 1. The summed E-state index contributed by atoms with van der Waals surface area (Å²) in [4.78, 5) is 22.7. The summed E-state index contributed by atoms with van der Waals surface area (Å²) in [5.74, 6) is -0.828. The summed E-state index contributed by atoms with van der Waals surface area (Å²) in [5, 5.41) is 4.97. The monoisotopic (exact) mass is 304 g/mol. The predicted octanol–water partition coefficient (Wildman–Crippen LogP) is 1.20. The molecule has 0 aliphatic carbocycles. The van der Waals surface area contributed by atoms with Gasteiger partial charge in [0.05, 0.1) is 5.56 Å². The molecular formula is C13H15F3N2O3. The highest BCUT2D eigenvalue weighted by Crippen LogP contribution is 2.28. The van der Waals surface area contributed by atoms with Crippen LogP contribution in [0.4, 0.5) is 13.2 Å². The molecule has 0 radical (unpaired) electrons. The van der Waals surface area contributed by atoms with E-state index in [2.05, 4.69) is 15.4 Å². The Bertz CT molecular complexity index is 486. The molecule has 1 aromatic carbocycles. The summed E-state index contributed by atoms with van der Waals surface area (Å²) in [6.07, 6.45) is -4.43. The second kappa shape index (κ2) is 7.63. The van der Waals surface area contributed by atoms with Crippen LogP contribution in [-0.2, 0) is 15.7 Å². The molecule has 0 aromatic heterocycles. The average Bonchev–Trinajstić information content (AvgIpc) is 2.43. The molecule has 2 N–H and O–H groups in total. The molecule has 116 valence electrons. The molecule has 0 spiro atoms. The number of halogens is 3. The number of carbonyl (C=O) groups excluding carboxylic acids is 2. The molecule has 0 fully saturated rings. The lowest BCUT2D eigenvalue weighted by Crippen LogP contribution is -2.36. The normalized spacial score (nSPS) is 11.0. The predicted molar refractivity (Wildman–Crippen MR) is 68.7 cm³/mol. The quantitative estimate of drug-likeness (QED) is 0.776. The number of ether oxygens (including phenoxy) is 1. The fourth-order valence-corrected chi connectivity index (χ4v) is 1.47. The first-order valence-electron chi connectivity index (χ1n) is 6.05. The van der Waals surface area contributed by atoms with E-state index < -0.39 is 17.6 Å². The van der Waals surface area contributed by atoms with Gasteiger partial charge in [-0.2, -0.15) is 13.2 Å². The minimum atomic E-state index is -4.43. The molecule has 8 heteroatoms. The van der Waals surface area contributed by atoms with Gasteiger partial charge in [-0.15, -0.1) is 0 Å². The minimum Gasteiger partial charge on any atom is -0.375 e.